The van der Waals surface area contributed by atoms with Gasteiger partial charge in [-0.3, -0.25) is 4.79 Å². The van der Waals surface area contributed by atoms with Gasteiger partial charge in [0.1, 0.15) is 0 Å². The summed E-state index contributed by atoms with van der Waals surface area (Å²) in [6.07, 6.45) is 0.0549. The minimum absolute atomic E-state index is 0.0472. The Morgan fingerprint density at radius 2 is 2.17 bits per heavy atom. The van der Waals surface area contributed by atoms with E-state index in [9.17, 15) is 9.90 Å². The summed E-state index contributed by atoms with van der Waals surface area (Å²) in [5.74, 6) is 0.336. The third-order valence-corrected chi connectivity index (χ3v) is 3.30. The molecule has 5 nitrogen and oxygen atoms in total. The maximum Gasteiger partial charge on any atom is 0.224 e. The highest BCUT2D eigenvalue weighted by Crippen LogP contribution is 2.21. The molecule has 0 radical (unpaired) electrons. The van der Waals surface area contributed by atoms with Crippen LogP contribution in [-0.4, -0.2) is 53.4 Å². The molecule has 0 spiro atoms. The maximum absolute atomic E-state index is 12.2. The van der Waals surface area contributed by atoms with Crippen LogP contribution in [0.3, 0.4) is 0 Å². The number of hydrogen-bond acceptors (Lipinski definition) is 4. The lowest BCUT2D eigenvalue weighted by Crippen LogP contribution is -2.56. The second-order valence-electron chi connectivity index (χ2n) is 6.07. The van der Waals surface area contributed by atoms with Gasteiger partial charge in [0.05, 0.1) is 18.3 Å². The van der Waals surface area contributed by atoms with Crippen molar-refractivity contribution >= 4 is 5.91 Å². The number of nitrogens with zero attached hydrogens (tertiary/aromatic N) is 1. The van der Waals surface area contributed by atoms with Gasteiger partial charge in [-0.2, -0.15) is 0 Å². The molecule has 18 heavy (non-hydrogen) atoms. The van der Waals surface area contributed by atoms with Crippen LogP contribution >= 0.6 is 0 Å². The summed E-state index contributed by atoms with van der Waals surface area (Å²) in [7, 11) is 0. The van der Waals surface area contributed by atoms with E-state index in [4.69, 9.17) is 10.5 Å². The Bertz CT molecular complexity index is 292. The third-order valence-electron chi connectivity index (χ3n) is 3.30. The number of aliphatic hydroxyl groups is 1. The molecule has 1 rings (SSSR count). The number of aliphatic hydroxyl groups excluding tert-OH is 1. The standard InChI is InChI=1S/C13H26N2O3/c1-9(2)11(14)5-12(17)15-6-10(7-16)18-13(3,4)8-15/h9-11,16H,5-8,14H2,1-4H3. The molecule has 0 aromatic rings. The van der Waals surface area contributed by atoms with Crippen molar-refractivity contribution in [3.8, 4) is 0 Å². The van der Waals surface area contributed by atoms with E-state index in [1.54, 1.807) is 4.90 Å². The van der Waals surface area contributed by atoms with Crippen LogP contribution in [0.2, 0.25) is 0 Å². The number of nitrogens with two attached hydrogens (primary N) is 1. The fraction of sp³-hybridized carbons (Fsp3) is 0.923. The molecule has 0 aromatic heterocycles. The molecule has 1 fully saturated rings. The molecule has 2 unspecified atom stereocenters. The van der Waals surface area contributed by atoms with Crippen molar-refractivity contribution in [1.82, 2.24) is 4.90 Å². The van der Waals surface area contributed by atoms with Crippen molar-refractivity contribution in [2.24, 2.45) is 11.7 Å². The molecule has 2 atom stereocenters. The summed E-state index contributed by atoms with van der Waals surface area (Å²) in [5, 5.41) is 9.21. The van der Waals surface area contributed by atoms with Crippen molar-refractivity contribution in [1.29, 1.82) is 0 Å². The summed E-state index contributed by atoms with van der Waals surface area (Å²) < 4.78 is 5.68. The smallest absolute Gasteiger partial charge is 0.224 e. The molecule has 0 aliphatic carbocycles. The van der Waals surface area contributed by atoms with Crippen LogP contribution in [0.25, 0.3) is 0 Å². The summed E-state index contributed by atoms with van der Waals surface area (Å²) in [5.41, 5.74) is 5.52. The Morgan fingerprint density at radius 3 is 2.67 bits per heavy atom. The topological polar surface area (TPSA) is 75.8 Å². The fourth-order valence-corrected chi connectivity index (χ4v) is 2.15. The van der Waals surface area contributed by atoms with Gasteiger partial charge in [-0.25, -0.2) is 0 Å². The SMILES string of the molecule is CC(C)C(N)CC(=O)N1CC(CO)OC(C)(C)C1. The maximum atomic E-state index is 12.2. The van der Waals surface area contributed by atoms with E-state index in [0.717, 1.165) is 0 Å². The van der Waals surface area contributed by atoms with Gasteiger partial charge in [0.2, 0.25) is 5.91 Å². The van der Waals surface area contributed by atoms with Gasteiger partial charge in [0.15, 0.2) is 0 Å². The lowest BCUT2D eigenvalue weighted by molar-refractivity contribution is -0.167. The zero-order valence-corrected chi connectivity index (χ0v) is 11.8. The molecule has 1 heterocycles. The molecular weight excluding hydrogens is 232 g/mol. The third kappa shape index (κ3) is 4.23. The van der Waals surface area contributed by atoms with Crippen molar-refractivity contribution in [2.45, 2.75) is 51.9 Å². The molecule has 1 aliphatic rings. The first kappa shape index (κ1) is 15.4. The van der Waals surface area contributed by atoms with E-state index < -0.39 is 5.60 Å². The van der Waals surface area contributed by atoms with E-state index in [-0.39, 0.29) is 30.6 Å². The molecule has 0 saturated carbocycles. The highest BCUT2D eigenvalue weighted by atomic mass is 16.5. The first-order valence-corrected chi connectivity index (χ1v) is 6.57. The molecule has 5 heteroatoms. The Balaban J connectivity index is 2.61. The van der Waals surface area contributed by atoms with E-state index in [0.29, 0.717) is 19.5 Å². The zero-order chi connectivity index (χ0) is 13.9. The zero-order valence-electron chi connectivity index (χ0n) is 11.8. The van der Waals surface area contributed by atoms with Crippen LogP contribution in [0.4, 0.5) is 0 Å². The fourth-order valence-electron chi connectivity index (χ4n) is 2.15. The number of hydrogen-bond donors (Lipinski definition) is 2. The van der Waals surface area contributed by atoms with E-state index in [1.165, 1.54) is 0 Å². The normalized spacial score (nSPS) is 25.3. The van der Waals surface area contributed by atoms with Crippen molar-refractivity contribution in [3.63, 3.8) is 0 Å². The van der Waals surface area contributed by atoms with E-state index in [2.05, 4.69) is 0 Å². The van der Waals surface area contributed by atoms with Crippen LogP contribution < -0.4 is 5.73 Å². The molecule has 0 bridgehead atoms. The lowest BCUT2D eigenvalue weighted by Gasteiger charge is -2.42. The van der Waals surface area contributed by atoms with Crippen molar-refractivity contribution < 1.29 is 14.6 Å². The van der Waals surface area contributed by atoms with Crippen molar-refractivity contribution in [3.05, 3.63) is 0 Å². The second-order valence-corrected chi connectivity index (χ2v) is 6.07. The van der Waals surface area contributed by atoms with Gasteiger partial charge in [0, 0.05) is 25.6 Å². The molecule has 3 N–H and O–H groups in total. The minimum Gasteiger partial charge on any atom is -0.394 e. The minimum atomic E-state index is -0.413. The average Bonchev–Trinajstić information content (AvgIpc) is 2.26. The highest BCUT2D eigenvalue weighted by Gasteiger charge is 2.35. The lowest BCUT2D eigenvalue weighted by atomic mass is 10.00. The van der Waals surface area contributed by atoms with Gasteiger partial charge in [-0.15, -0.1) is 0 Å². The van der Waals surface area contributed by atoms with Gasteiger partial charge < -0.3 is 20.5 Å². The molecular formula is C13H26N2O3. The highest BCUT2D eigenvalue weighted by molar-refractivity contribution is 5.77. The van der Waals surface area contributed by atoms with Crippen LogP contribution in [0.5, 0.6) is 0 Å². The Kier molecular flexibility index (Phi) is 5.13. The largest absolute Gasteiger partial charge is 0.394 e. The first-order chi connectivity index (χ1) is 8.25. The van der Waals surface area contributed by atoms with E-state index >= 15 is 0 Å². The Morgan fingerprint density at radius 1 is 1.56 bits per heavy atom. The Hall–Kier alpha value is -0.650. The van der Waals surface area contributed by atoms with Gasteiger partial charge in [0.25, 0.3) is 0 Å². The predicted octanol–water partition coefficient (Wildman–Crippen LogP) is 0.358. The molecule has 1 saturated heterocycles. The van der Waals surface area contributed by atoms with Gasteiger partial charge in [-0.1, -0.05) is 13.8 Å². The summed E-state index contributed by atoms with van der Waals surface area (Å²) >= 11 is 0. The summed E-state index contributed by atoms with van der Waals surface area (Å²) in [4.78, 5) is 13.9. The molecule has 0 aromatic carbocycles. The average molecular weight is 258 g/mol. The van der Waals surface area contributed by atoms with E-state index in [1.807, 2.05) is 27.7 Å². The summed E-state index contributed by atoms with van der Waals surface area (Å²) in [6.45, 7) is 8.81. The van der Waals surface area contributed by atoms with Crippen LogP contribution in [0.15, 0.2) is 0 Å². The Labute approximate surface area is 109 Å². The van der Waals surface area contributed by atoms with Gasteiger partial charge in [-0.05, 0) is 19.8 Å². The number of rotatable bonds is 4. The summed E-state index contributed by atoms with van der Waals surface area (Å²) in [6, 6.07) is -0.115. The molecule has 1 aliphatic heterocycles. The van der Waals surface area contributed by atoms with Crippen LogP contribution in [0.1, 0.15) is 34.1 Å². The first-order valence-electron chi connectivity index (χ1n) is 6.57. The second kappa shape index (κ2) is 5.99. The molecule has 1 amide bonds. The predicted molar refractivity (Wildman–Crippen MR) is 70.0 cm³/mol. The monoisotopic (exact) mass is 258 g/mol. The van der Waals surface area contributed by atoms with Gasteiger partial charge >= 0.3 is 0 Å². The van der Waals surface area contributed by atoms with Crippen molar-refractivity contribution in [2.75, 3.05) is 19.7 Å². The number of ether oxygens (including phenoxy) is 1. The number of carbonyl (C=O) groups is 1. The number of carbonyl (C=O) groups excluding carboxylic acids is 1. The number of morpholine rings is 1. The van der Waals surface area contributed by atoms with Crippen LogP contribution in [-0.2, 0) is 9.53 Å². The quantitative estimate of drug-likeness (QED) is 0.763. The molecule has 106 valence electrons. The number of amides is 1. The van der Waals surface area contributed by atoms with Crippen LogP contribution in [0, 0.1) is 5.92 Å².